The van der Waals surface area contributed by atoms with Gasteiger partial charge in [-0.15, -0.1) is 0 Å². The van der Waals surface area contributed by atoms with E-state index in [1.807, 2.05) is 24.8 Å². The molecule has 146 valence electrons. The van der Waals surface area contributed by atoms with Gasteiger partial charge in [-0.25, -0.2) is 0 Å². The van der Waals surface area contributed by atoms with Crippen LogP contribution in [0.4, 0.5) is 0 Å². The zero-order valence-corrected chi connectivity index (χ0v) is 16.0. The smallest absolute Gasteiger partial charge is 0.244 e. The third kappa shape index (κ3) is 4.45. The lowest BCUT2D eigenvalue weighted by Crippen LogP contribution is -2.40. The number of aliphatic hydroxyl groups is 2. The third-order valence-electron chi connectivity index (χ3n) is 6.01. The highest BCUT2D eigenvalue weighted by Crippen LogP contribution is 2.26. The van der Waals surface area contributed by atoms with Gasteiger partial charge in [0.2, 0.25) is 5.91 Å². The molecule has 0 saturated carbocycles. The normalized spacial score (nSPS) is 25.2. The highest BCUT2D eigenvalue weighted by Gasteiger charge is 2.36. The Hall–Kier alpha value is -1.44. The first-order chi connectivity index (χ1) is 12.5. The van der Waals surface area contributed by atoms with E-state index in [2.05, 4.69) is 10.00 Å². The van der Waals surface area contributed by atoms with E-state index in [0.29, 0.717) is 24.9 Å². The predicted molar refractivity (Wildman–Crippen MR) is 98.6 cm³/mol. The number of nitrogens with zero attached hydrogens (tertiary/aromatic N) is 4. The summed E-state index contributed by atoms with van der Waals surface area (Å²) in [6, 6.07) is 1.98. The van der Waals surface area contributed by atoms with E-state index < -0.39 is 0 Å². The Kier molecular flexibility index (Phi) is 6.32. The van der Waals surface area contributed by atoms with Crippen molar-refractivity contribution in [2.45, 2.75) is 33.2 Å². The number of aryl methyl sites for hydroxylation is 2. The summed E-state index contributed by atoms with van der Waals surface area (Å²) in [5.41, 5.74) is 1.92. The molecule has 0 aromatic carbocycles. The van der Waals surface area contributed by atoms with E-state index in [0.717, 1.165) is 43.9 Å². The fourth-order valence-electron chi connectivity index (χ4n) is 4.30. The van der Waals surface area contributed by atoms with Crippen molar-refractivity contribution in [1.29, 1.82) is 0 Å². The molecule has 7 nitrogen and oxygen atoms in total. The van der Waals surface area contributed by atoms with E-state index >= 15 is 0 Å². The fraction of sp³-hybridized carbons (Fsp3) is 0.789. The number of carbonyl (C=O) groups excluding carboxylic acids is 1. The summed E-state index contributed by atoms with van der Waals surface area (Å²) in [4.78, 5) is 17.0. The number of amides is 1. The van der Waals surface area contributed by atoms with Crippen LogP contribution in [0.3, 0.4) is 0 Å². The summed E-state index contributed by atoms with van der Waals surface area (Å²) in [7, 11) is 0. The van der Waals surface area contributed by atoms with E-state index in [9.17, 15) is 15.0 Å². The summed E-state index contributed by atoms with van der Waals surface area (Å²) in [5.74, 6) is 0.975. The number of carbonyl (C=O) groups is 1. The summed E-state index contributed by atoms with van der Waals surface area (Å²) < 4.78 is 1.76. The van der Waals surface area contributed by atoms with Gasteiger partial charge < -0.3 is 20.0 Å². The van der Waals surface area contributed by atoms with Crippen LogP contribution in [0.5, 0.6) is 0 Å². The number of aliphatic hydroxyl groups excluding tert-OH is 2. The zero-order chi connectivity index (χ0) is 18.7. The molecule has 3 rings (SSSR count). The molecule has 0 unspecified atom stereocenters. The van der Waals surface area contributed by atoms with Crippen LogP contribution in [0.2, 0.25) is 0 Å². The minimum absolute atomic E-state index is 0.0798. The monoisotopic (exact) mass is 364 g/mol. The first-order valence-corrected chi connectivity index (χ1v) is 9.73. The van der Waals surface area contributed by atoms with Gasteiger partial charge in [0, 0.05) is 44.5 Å². The number of rotatable bonds is 6. The quantitative estimate of drug-likeness (QED) is 0.757. The molecule has 2 aliphatic rings. The van der Waals surface area contributed by atoms with Crippen LogP contribution in [-0.4, -0.2) is 81.6 Å². The molecular weight excluding hydrogens is 332 g/mol. The lowest BCUT2D eigenvalue weighted by molar-refractivity contribution is -0.131. The summed E-state index contributed by atoms with van der Waals surface area (Å²) in [6.45, 7) is 8.84. The van der Waals surface area contributed by atoms with E-state index in [4.69, 9.17) is 0 Å². The Morgan fingerprint density at radius 3 is 2.42 bits per heavy atom. The van der Waals surface area contributed by atoms with E-state index in [-0.39, 0.29) is 31.6 Å². The molecule has 2 atom stereocenters. The molecule has 1 aromatic heterocycles. The van der Waals surface area contributed by atoms with Gasteiger partial charge in [-0.3, -0.25) is 9.48 Å². The average Bonchev–Trinajstić information content (AvgIpc) is 3.18. The van der Waals surface area contributed by atoms with Crippen molar-refractivity contribution in [2.75, 3.05) is 45.9 Å². The molecule has 0 bridgehead atoms. The van der Waals surface area contributed by atoms with Crippen molar-refractivity contribution in [2.24, 2.45) is 17.8 Å². The molecule has 2 saturated heterocycles. The molecule has 2 aliphatic heterocycles. The van der Waals surface area contributed by atoms with E-state index in [1.165, 1.54) is 0 Å². The largest absolute Gasteiger partial charge is 0.396 e. The Labute approximate surface area is 155 Å². The van der Waals surface area contributed by atoms with Gasteiger partial charge in [0.15, 0.2) is 0 Å². The molecule has 2 fully saturated rings. The summed E-state index contributed by atoms with van der Waals surface area (Å²) >= 11 is 0. The Bertz CT molecular complexity index is 610. The van der Waals surface area contributed by atoms with Crippen LogP contribution >= 0.6 is 0 Å². The van der Waals surface area contributed by atoms with Crippen LogP contribution in [0.1, 0.15) is 24.2 Å². The van der Waals surface area contributed by atoms with Gasteiger partial charge in [-0.1, -0.05) is 0 Å². The van der Waals surface area contributed by atoms with E-state index in [1.54, 1.807) is 4.68 Å². The SMILES string of the molecule is Cc1cc(C)n(CC(=O)N2C[C@@H](CN3CCC(CO)CC3)[C@@H](CO)C2)n1. The molecule has 7 heteroatoms. The average molecular weight is 364 g/mol. The van der Waals surface area contributed by atoms with Crippen LogP contribution < -0.4 is 0 Å². The van der Waals surface area contributed by atoms with Crippen molar-refractivity contribution in [3.05, 3.63) is 17.5 Å². The number of piperidine rings is 1. The number of hydrogen-bond donors (Lipinski definition) is 2. The lowest BCUT2D eigenvalue weighted by Gasteiger charge is -2.33. The number of hydrogen-bond acceptors (Lipinski definition) is 5. The van der Waals surface area contributed by atoms with Gasteiger partial charge in [0.1, 0.15) is 6.54 Å². The molecule has 2 N–H and O–H groups in total. The maximum atomic E-state index is 12.7. The molecular formula is C19H32N4O3. The highest BCUT2D eigenvalue weighted by molar-refractivity contribution is 5.76. The van der Waals surface area contributed by atoms with Crippen LogP contribution in [0.15, 0.2) is 6.07 Å². The molecule has 3 heterocycles. The van der Waals surface area contributed by atoms with Gasteiger partial charge in [0.05, 0.1) is 5.69 Å². The molecule has 0 aliphatic carbocycles. The molecule has 0 radical (unpaired) electrons. The van der Waals surface area contributed by atoms with Crippen molar-refractivity contribution in [3.63, 3.8) is 0 Å². The summed E-state index contributed by atoms with van der Waals surface area (Å²) in [6.07, 6.45) is 2.07. The predicted octanol–water partition coefficient (Wildman–Crippen LogP) is 0.271. The maximum Gasteiger partial charge on any atom is 0.244 e. The summed E-state index contributed by atoms with van der Waals surface area (Å²) in [5, 5.41) is 23.4. The Morgan fingerprint density at radius 1 is 1.15 bits per heavy atom. The fourth-order valence-corrected chi connectivity index (χ4v) is 4.30. The van der Waals surface area contributed by atoms with Gasteiger partial charge >= 0.3 is 0 Å². The molecule has 1 aromatic rings. The van der Waals surface area contributed by atoms with Crippen molar-refractivity contribution in [1.82, 2.24) is 19.6 Å². The number of likely N-dealkylation sites (tertiary alicyclic amines) is 2. The van der Waals surface area contributed by atoms with Gasteiger partial charge in [-0.05, 0) is 57.7 Å². The van der Waals surface area contributed by atoms with Gasteiger partial charge in [-0.2, -0.15) is 5.10 Å². The third-order valence-corrected chi connectivity index (χ3v) is 6.01. The molecule has 1 amide bonds. The second-order valence-corrected chi connectivity index (χ2v) is 8.01. The maximum absolute atomic E-state index is 12.7. The van der Waals surface area contributed by atoms with Crippen molar-refractivity contribution in [3.8, 4) is 0 Å². The van der Waals surface area contributed by atoms with Crippen molar-refractivity contribution >= 4 is 5.91 Å². The highest BCUT2D eigenvalue weighted by atomic mass is 16.3. The Morgan fingerprint density at radius 2 is 1.85 bits per heavy atom. The second kappa shape index (κ2) is 8.50. The zero-order valence-electron chi connectivity index (χ0n) is 16.0. The lowest BCUT2D eigenvalue weighted by atomic mass is 9.93. The standard InChI is InChI=1S/C19H32N4O3/c1-14-7-15(2)23(20-14)11-19(26)22-9-17(18(10-22)13-25)8-21-5-3-16(12-24)4-6-21/h7,16-18,24-25H,3-6,8-13H2,1-2H3/t17-,18-/m1/s1. The molecule has 26 heavy (non-hydrogen) atoms. The second-order valence-electron chi connectivity index (χ2n) is 8.01. The van der Waals surface area contributed by atoms with Gasteiger partial charge in [0.25, 0.3) is 0 Å². The Balaban J connectivity index is 1.54. The number of aromatic nitrogens is 2. The van der Waals surface area contributed by atoms with Crippen molar-refractivity contribution < 1.29 is 15.0 Å². The van der Waals surface area contributed by atoms with Crippen LogP contribution in [0.25, 0.3) is 0 Å². The van der Waals surface area contributed by atoms with Crippen LogP contribution in [-0.2, 0) is 11.3 Å². The first kappa shape index (κ1) is 19.3. The molecule has 0 spiro atoms. The first-order valence-electron chi connectivity index (χ1n) is 9.73. The minimum atomic E-state index is 0.0798. The topological polar surface area (TPSA) is 81.8 Å². The van der Waals surface area contributed by atoms with Crippen LogP contribution in [0, 0.1) is 31.6 Å². The minimum Gasteiger partial charge on any atom is -0.396 e.